The van der Waals surface area contributed by atoms with Gasteiger partial charge in [-0.15, -0.1) is 0 Å². The third kappa shape index (κ3) is 5.04. The monoisotopic (exact) mass is 348 g/mol. The lowest BCUT2D eigenvalue weighted by atomic mass is 9.77. The van der Waals surface area contributed by atoms with E-state index in [1.165, 1.54) is 7.11 Å². The SMILES string of the molecule is COc1ccc(CNS(C)(=O)=O)cc1N[C@@H](C)C1CC(F)(F)C1. The van der Waals surface area contributed by atoms with Gasteiger partial charge in [0.1, 0.15) is 5.75 Å². The fourth-order valence-electron chi connectivity index (χ4n) is 2.62. The minimum Gasteiger partial charge on any atom is -0.495 e. The standard InChI is InChI=1S/C15H22F2N2O3S/c1-10(12-7-15(16,17)8-12)19-13-6-11(4-5-14(13)22-2)9-18-23(3,20)21/h4-6,10,12,18-19H,7-9H2,1-3H3/t10-/m0/s1. The first-order valence-electron chi connectivity index (χ1n) is 7.35. The average molecular weight is 348 g/mol. The number of halogens is 2. The highest BCUT2D eigenvalue weighted by Crippen LogP contribution is 2.45. The Hall–Kier alpha value is -1.41. The van der Waals surface area contributed by atoms with Gasteiger partial charge in [0.25, 0.3) is 0 Å². The van der Waals surface area contributed by atoms with Crippen LogP contribution in [0.15, 0.2) is 18.2 Å². The van der Waals surface area contributed by atoms with Gasteiger partial charge in [-0.05, 0) is 30.5 Å². The lowest BCUT2D eigenvalue weighted by Gasteiger charge is -2.39. The molecule has 0 bridgehead atoms. The number of benzene rings is 1. The Morgan fingerprint density at radius 2 is 2.04 bits per heavy atom. The number of methoxy groups -OCH3 is 1. The molecule has 0 unspecified atom stereocenters. The van der Waals surface area contributed by atoms with Gasteiger partial charge in [-0.1, -0.05) is 6.07 Å². The molecule has 0 spiro atoms. The van der Waals surface area contributed by atoms with Crippen LogP contribution in [0, 0.1) is 5.92 Å². The molecule has 0 saturated heterocycles. The third-order valence-corrected chi connectivity index (χ3v) is 4.68. The Balaban J connectivity index is 2.06. The van der Waals surface area contributed by atoms with E-state index in [0.717, 1.165) is 11.8 Å². The molecule has 0 heterocycles. The molecule has 23 heavy (non-hydrogen) atoms. The van der Waals surface area contributed by atoms with E-state index in [1.54, 1.807) is 18.2 Å². The number of ether oxygens (including phenoxy) is 1. The summed E-state index contributed by atoms with van der Waals surface area (Å²) in [5.74, 6) is -2.05. The Kier molecular flexibility index (Phi) is 5.15. The van der Waals surface area contributed by atoms with Crippen molar-refractivity contribution in [2.75, 3.05) is 18.7 Å². The van der Waals surface area contributed by atoms with Gasteiger partial charge in [0.2, 0.25) is 15.9 Å². The molecule has 2 N–H and O–H groups in total. The molecule has 8 heteroatoms. The number of rotatable bonds is 7. The van der Waals surface area contributed by atoms with Crippen molar-refractivity contribution in [2.45, 2.75) is 38.3 Å². The molecule has 1 aliphatic carbocycles. The summed E-state index contributed by atoms with van der Waals surface area (Å²) in [6.07, 6.45) is 0.867. The van der Waals surface area contributed by atoms with Gasteiger partial charge in [0.05, 0.1) is 19.1 Å². The van der Waals surface area contributed by atoms with Gasteiger partial charge >= 0.3 is 0 Å². The smallest absolute Gasteiger partial charge is 0.248 e. The van der Waals surface area contributed by atoms with Crippen molar-refractivity contribution in [2.24, 2.45) is 5.92 Å². The van der Waals surface area contributed by atoms with Crippen molar-refractivity contribution in [1.29, 1.82) is 0 Å². The minimum absolute atomic E-state index is 0.0903. The van der Waals surface area contributed by atoms with Crippen molar-refractivity contribution in [3.63, 3.8) is 0 Å². The number of sulfonamides is 1. The van der Waals surface area contributed by atoms with Crippen LogP contribution in [0.3, 0.4) is 0 Å². The average Bonchev–Trinajstić information content (AvgIpc) is 2.42. The van der Waals surface area contributed by atoms with Crippen LogP contribution in [-0.4, -0.2) is 33.7 Å². The van der Waals surface area contributed by atoms with Gasteiger partial charge in [-0.3, -0.25) is 0 Å². The Labute approximate surface area is 135 Å². The van der Waals surface area contributed by atoms with E-state index in [2.05, 4.69) is 10.0 Å². The molecule has 1 fully saturated rings. The zero-order chi connectivity index (χ0) is 17.3. The van der Waals surface area contributed by atoms with Crippen LogP contribution in [0.25, 0.3) is 0 Å². The lowest BCUT2D eigenvalue weighted by Crippen LogP contribution is -2.43. The highest BCUT2D eigenvalue weighted by molar-refractivity contribution is 7.88. The van der Waals surface area contributed by atoms with Crippen LogP contribution >= 0.6 is 0 Å². The van der Waals surface area contributed by atoms with Crippen molar-refractivity contribution in [3.8, 4) is 5.75 Å². The van der Waals surface area contributed by atoms with Crippen molar-refractivity contribution >= 4 is 15.7 Å². The van der Waals surface area contributed by atoms with E-state index in [1.807, 2.05) is 6.92 Å². The minimum atomic E-state index is -3.28. The Morgan fingerprint density at radius 1 is 1.39 bits per heavy atom. The van der Waals surface area contributed by atoms with Gasteiger partial charge in [0, 0.05) is 25.4 Å². The van der Waals surface area contributed by atoms with E-state index in [9.17, 15) is 17.2 Å². The first-order valence-corrected chi connectivity index (χ1v) is 9.25. The van der Waals surface area contributed by atoms with Crippen molar-refractivity contribution in [1.82, 2.24) is 4.72 Å². The molecule has 1 atom stereocenters. The molecule has 0 aromatic heterocycles. The largest absolute Gasteiger partial charge is 0.495 e. The summed E-state index contributed by atoms with van der Waals surface area (Å²) in [5, 5.41) is 3.20. The normalized spacial score (nSPS) is 19.0. The van der Waals surface area contributed by atoms with Crippen LogP contribution in [0.4, 0.5) is 14.5 Å². The zero-order valence-electron chi connectivity index (χ0n) is 13.4. The highest BCUT2D eigenvalue weighted by atomic mass is 32.2. The summed E-state index contributed by atoms with van der Waals surface area (Å²) in [4.78, 5) is 0. The van der Waals surface area contributed by atoms with Crippen LogP contribution in [0.1, 0.15) is 25.3 Å². The van der Waals surface area contributed by atoms with Gasteiger partial charge < -0.3 is 10.1 Å². The second-order valence-electron chi connectivity index (χ2n) is 6.09. The summed E-state index contributed by atoms with van der Waals surface area (Å²) in [6, 6.07) is 5.12. The topological polar surface area (TPSA) is 67.4 Å². The van der Waals surface area contributed by atoms with Crippen LogP contribution in [0.2, 0.25) is 0 Å². The van der Waals surface area contributed by atoms with E-state index < -0.39 is 15.9 Å². The van der Waals surface area contributed by atoms with E-state index in [0.29, 0.717) is 11.4 Å². The lowest BCUT2D eigenvalue weighted by molar-refractivity contribution is -0.113. The molecule has 5 nitrogen and oxygen atoms in total. The van der Waals surface area contributed by atoms with E-state index in [4.69, 9.17) is 4.74 Å². The fourth-order valence-corrected chi connectivity index (χ4v) is 3.05. The number of alkyl halides is 2. The maximum Gasteiger partial charge on any atom is 0.248 e. The van der Waals surface area contributed by atoms with Crippen LogP contribution in [-0.2, 0) is 16.6 Å². The van der Waals surface area contributed by atoms with Gasteiger partial charge in [0.15, 0.2) is 0 Å². The van der Waals surface area contributed by atoms with Gasteiger partial charge in [-0.25, -0.2) is 21.9 Å². The first-order chi connectivity index (χ1) is 10.6. The maximum atomic E-state index is 13.0. The number of hydrogen-bond acceptors (Lipinski definition) is 4. The highest BCUT2D eigenvalue weighted by Gasteiger charge is 2.47. The summed E-state index contributed by atoms with van der Waals surface area (Å²) < 4.78 is 56.0. The number of nitrogens with one attached hydrogen (secondary N) is 2. The molecule has 1 aromatic rings. The summed E-state index contributed by atoms with van der Waals surface area (Å²) in [7, 11) is -1.76. The number of anilines is 1. The molecule has 1 aliphatic rings. The van der Waals surface area contributed by atoms with Gasteiger partial charge in [-0.2, -0.15) is 0 Å². The van der Waals surface area contributed by atoms with Crippen molar-refractivity contribution in [3.05, 3.63) is 23.8 Å². The molecule has 0 amide bonds. The molecular formula is C15H22F2N2O3S. The Bertz CT molecular complexity index is 657. The molecule has 0 aliphatic heterocycles. The maximum absolute atomic E-state index is 13.0. The molecule has 1 aromatic carbocycles. The first kappa shape index (κ1) is 17.9. The molecule has 0 radical (unpaired) electrons. The van der Waals surface area contributed by atoms with Crippen LogP contribution < -0.4 is 14.8 Å². The molecule has 2 rings (SSSR count). The summed E-state index contributed by atoms with van der Waals surface area (Å²) in [5.41, 5.74) is 1.42. The quantitative estimate of drug-likeness (QED) is 0.795. The molecular weight excluding hydrogens is 326 g/mol. The second-order valence-corrected chi connectivity index (χ2v) is 7.92. The van der Waals surface area contributed by atoms with E-state index in [-0.39, 0.29) is 31.3 Å². The van der Waals surface area contributed by atoms with E-state index >= 15 is 0 Å². The number of hydrogen-bond donors (Lipinski definition) is 2. The van der Waals surface area contributed by atoms with Crippen molar-refractivity contribution < 1.29 is 21.9 Å². The predicted octanol–water partition coefficient (Wildman–Crippen LogP) is 2.59. The summed E-state index contributed by atoms with van der Waals surface area (Å²) in [6.45, 7) is 2.02. The fraction of sp³-hybridized carbons (Fsp3) is 0.600. The third-order valence-electron chi connectivity index (χ3n) is 4.01. The summed E-state index contributed by atoms with van der Waals surface area (Å²) >= 11 is 0. The van der Waals surface area contributed by atoms with Crippen LogP contribution in [0.5, 0.6) is 5.75 Å². The second kappa shape index (κ2) is 6.60. The Morgan fingerprint density at radius 3 is 2.57 bits per heavy atom. The predicted molar refractivity (Wildman–Crippen MR) is 85.4 cm³/mol. The molecule has 130 valence electrons. The zero-order valence-corrected chi connectivity index (χ0v) is 14.2. The molecule has 1 saturated carbocycles.